The number of nitrogens with one attached hydrogen (secondary N) is 3. The third kappa shape index (κ3) is 6.08. The Balaban J connectivity index is 1.29. The Bertz CT molecular complexity index is 1710. The van der Waals surface area contributed by atoms with Crippen molar-refractivity contribution in [1.29, 1.82) is 10.5 Å². The topological polar surface area (TPSA) is 209 Å². The number of carbonyl (C=O) groups excluding carboxylic acids is 2. The summed E-state index contributed by atoms with van der Waals surface area (Å²) in [6.07, 6.45) is 0.729. The maximum atomic E-state index is 11.5. The number of carbonyl (C=O) groups is 2. The van der Waals surface area contributed by atoms with Gasteiger partial charge in [-0.25, -0.2) is 10.9 Å². The first-order chi connectivity index (χ1) is 20.3. The van der Waals surface area contributed by atoms with Gasteiger partial charge >= 0.3 is 0 Å². The van der Waals surface area contributed by atoms with E-state index in [-0.39, 0.29) is 46.1 Å². The van der Waals surface area contributed by atoms with Crippen LogP contribution in [0.5, 0.6) is 0 Å². The summed E-state index contributed by atoms with van der Waals surface area (Å²) in [7, 11) is 0. The molecule has 5 rings (SSSR count). The number of hydrogen-bond acceptors (Lipinski definition) is 11. The second-order valence-corrected chi connectivity index (χ2v) is 9.57. The standard InChI is InChI=1S/C28H23N11O3/c1-15-11-23(40)36-38-25(15)17-3-7-19(8-4-17)32-34-21(13-29)27-31-28(42-27)22(14-30)35-33-20-9-5-18(6-10-20)26-16(2)12-24(41)37-39-26/h3-10,15-16,31H,11-12H2,1-2H3,(H,36,40)(H,37,41)/t15-,16-/m1/s1. The Morgan fingerprint density at radius 2 is 1.14 bits per heavy atom. The van der Waals surface area contributed by atoms with Crippen LogP contribution in [-0.2, 0) is 9.59 Å². The van der Waals surface area contributed by atoms with Gasteiger partial charge in [0.05, 0.1) is 22.8 Å². The predicted octanol–water partition coefficient (Wildman–Crippen LogP) is 3.16. The highest BCUT2D eigenvalue weighted by Gasteiger charge is 2.22. The van der Waals surface area contributed by atoms with Gasteiger partial charge in [0.1, 0.15) is 12.1 Å². The predicted molar refractivity (Wildman–Crippen MR) is 149 cm³/mol. The lowest BCUT2D eigenvalue weighted by Gasteiger charge is -2.19. The maximum Gasteiger partial charge on any atom is 0.241 e. The normalized spacial score (nSPS) is 20.3. The second-order valence-electron chi connectivity index (χ2n) is 9.57. The van der Waals surface area contributed by atoms with Crippen LogP contribution < -0.4 is 21.9 Å². The molecule has 3 aromatic rings. The molecule has 2 amide bonds. The van der Waals surface area contributed by atoms with Gasteiger partial charge in [0, 0.05) is 24.7 Å². The third-order valence-corrected chi connectivity index (χ3v) is 6.45. The number of H-pyrrole nitrogens is 1. The van der Waals surface area contributed by atoms with Crippen LogP contribution in [0.4, 0.5) is 11.4 Å². The fourth-order valence-electron chi connectivity index (χ4n) is 4.28. The molecule has 2 atom stereocenters. The summed E-state index contributed by atoms with van der Waals surface area (Å²) in [5.41, 5.74) is 8.98. The molecular formula is C28H23N11O3. The SMILES string of the molecule is C[C@@H]1CC(=O)NN=C1c1ccc(N=NC(C#N)=c2[nH]c(=C(C#N)N=Nc3ccc(C4=NNC(=O)C[C@H]4C)cc3)o2)cc1. The minimum atomic E-state index is -0.128. The van der Waals surface area contributed by atoms with Crippen LogP contribution >= 0.6 is 0 Å². The van der Waals surface area contributed by atoms with Gasteiger partial charge in [0.25, 0.3) is 0 Å². The van der Waals surface area contributed by atoms with Crippen LogP contribution in [0.2, 0.25) is 0 Å². The molecule has 1 aromatic heterocycles. The maximum absolute atomic E-state index is 11.5. The van der Waals surface area contributed by atoms with Crippen LogP contribution in [0, 0.1) is 34.5 Å². The third-order valence-electron chi connectivity index (χ3n) is 6.45. The van der Waals surface area contributed by atoms with Crippen molar-refractivity contribution in [3.8, 4) is 12.1 Å². The second kappa shape index (κ2) is 12.0. The zero-order valence-corrected chi connectivity index (χ0v) is 22.5. The average Bonchev–Trinajstić information content (AvgIpc) is 2.96. The summed E-state index contributed by atoms with van der Waals surface area (Å²) in [5, 5.41) is 43.3. The molecule has 3 heterocycles. The van der Waals surface area contributed by atoms with Crippen LogP contribution in [-0.4, -0.2) is 28.2 Å². The molecule has 0 saturated heterocycles. The van der Waals surface area contributed by atoms with E-state index < -0.39 is 0 Å². The van der Waals surface area contributed by atoms with Crippen molar-refractivity contribution in [3.63, 3.8) is 0 Å². The number of hydrazone groups is 2. The van der Waals surface area contributed by atoms with Crippen molar-refractivity contribution in [2.75, 3.05) is 0 Å². The lowest BCUT2D eigenvalue weighted by Crippen LogP contribution is -2.32. The number of hydrogen-bond donors (Lipinski definition) is 3. The molecule has 14 nitrogen and oxygen atoms in total. The van der Waals surface area contributed by atoms with Crippen molar-refractivity contribution in [2.24, 2.45) is 42.5 Å². The Morgan fingerprint density at radius 1 is 0.762 bits per heavy atom. The molecule has 2 aromatic carbocycles. The van der Waals surface area contributed by atoms with Gasteiger partial charge in [0.2, 0.25) is 34.3 Å². The van der Waals surface area contributed by atoms with E-state index in [1.807, 2.05) is 26.0 Å². The monoisotopic (exact) mass is 561 g/mol. The molecular weight excluding hydrogens is 538 g/mol. The van der Waals surface area contributed by atoms with E-state index in [0.717, 1.165) is 22.6 Å². The van der Waals surface area contributed by atoms with Gasteiger partial charge in [-0.1, -0.05) is 38.1 Å². The first-order valence-electron chi connectivity index (χ1n) is 12.9. The van der Waals surface area contributed by atoms with Crippen molar-refractivity contribution in [3.05, 3.63) is 70.7 Å². The fourth-order valence-corrected chi connectivity index (χ4v) is 4.28. The van der Waals surface area contributed by atoms with Gasteiger partial charge < -0.3 is 4.42 Å². The molecule has 0 bridgehead atoms. The average molecular weight is 562 g/mol. The van der Waals surface area contributed by atoms with Gasteiger partial charge in [-0.05, 0) is 35.4 Å². The number of rotatable bonds is 6. The molecule has 0 aliphatic carbocycles. The highest BCUT2D eigenvalue weighted by Crippen LogP contribution is 2.22. The lowest BCUT2D eigenvalue weighted by atomic mass is 9.94. The van der Waals surface area contributed by atoms with Crippen molar-refractivity contribution in [1.82, 2.24) is 15.8 Å². The quantitative estimate of drug-likeness (QED) is 0.386. The van der Waals surface area contributed by atoms with Gasteiger partial charge in [-0.15, -0.1) is 20.5 Å². The highest BCUT2D eigenvalue weighted by atomic mass is 16.4. The molecule has 2 aliphatic rings. The van der Waals surface area contributed by atoms with E-state index in [2.05, 4.69) is 46.5 Å². The minimum Gasteiger partial charge on any atom is -0.418 e. The minimum absolute atomic E-state index is 0.0129. The van der Waals surface area contributed by atoms with E-state index in [4.69, 9.17) is 4.42 Å². The number of nitrogens with zero attached hydrogens (tertiary/aromatic N) is 8. The van der Waals surface area contributed by atoms with Crippen molar-refractivity contribution < 1.29 is 14.0 Å². The highest BCUT2D eigenvalue weighted by molar-refractivity contribution is 6.06. The van der Waals surface area contributed by atoms with Crippen LogP contribution in [0.15, 0.2) is 83.6 Å². The van der Waals surface area contributed by atoms with Gasteiger partial charge in [-0.3, -0.25) is 14.6 Å². The first kappa shape index (κ1) is 27.5. The molecule has 2 aliphatic heterocycles. The number of amides is 2. The van der Waals surface area contributed by atoms with Crippen LogP contribution in [0.3, 0.4) is 0 Å². The Morgan fingerprint density at radius 3 is 1.48 bits per heavy atom. The molecule has 208 valence electrons. The number of aromatic amines is 1. The zero-order chi connectivity index (χ0) is 29.6. The van der Waals surface area contributed by atoms with E-state index in [1.54, 1.807) is 48.5 Å². The van der Waals surface area contributed by atoms with Crippen LogP contribution in [0.25, 0.3) is 11.4 Å². The lowest BCUT2D eigenvalue weighted by molar-refractivity contribution is -0.122. The smallest absolute Gasteiger partial charge is 0.241 e. The zero-order valence-electron chi connectivity index (χ0n) is 22.5. The van der Waals surface area contributed by atoms with E-state index in [9.17, 15) is 20.1 Å². The van der Waals surface area contributed by atoms with E-state index in [1.165, 1.54) is 0 Å². The summed E-state index contributed by atoms with van der Waals surface area (Å²) in [4.78, 5) is 25.7. The number of azo groups is 2. The fraction of sp³-hybridized carbons (Fsp3) is 0.214. The Kier molecular flexibility index (Phi) is 7.88. The molecule has 14 heteroatoms. The van der Waals surface area contributed by atoms with E-state index in [0.29, 0.717) is 24.2 Å². The molecule has 42 heavy (non-hydrogen) atoms. The van der Waals surface area contributed by atoms with Gasteiger partial charge in [0.15, 0.2) is 0 Å². The van der Waals surface area contributed by atoms with Crippen molar-refractivity contribution >= 4 is 46.0 Å². The van der Waals surface area contributed by atoms with Gasteiger partial charge in [-0.2, -0.15) is 20.7 Å². The summed E-state index contributed by atoms with van der Waals surface area (Å²) >= 11 is 0. The molecule has 0 unspecified atom stereocenters. The number of benzene rings is 2. The number of nitriles is 2. The first-order valence-corrected chi connectivity index (χ1v) is 12.9. The molecule has 0 saturated carbocycles. The van der Waals surface area contributed by atoms with Crippen molar-refractivity contribution in [2.45, 2.75) is 26.7 Å². The molecule has 3 N–H and O–H groups in total. The molecule has 0 radical (unpaired) electrons. The Hall–Kier alpha value is -6.02. The van der Waals surface area contributed by atoms with Crippen LogP contribution in [0.1, 0.15) is 37.8 Å². The summed E-state index contributed by atoms with van der Waals surface area (Å²) in [6, 6.07) is 17.9. The summed E-state index contributed by atoms with van der Waals surface area (Å²) in [5.74, 6) is -0.261. The summed E-state index contributed by atoms with van der Waals surface area (Å²) < 4.78 is 5.46. The summed E-state index contributed by atoms with van der Waals surface area (Å²) in [6.45, 7) is 3.86. The Labute approximate surface area is 238 Å². The number of aromatic nitrogens is 1. The molecule has 0 spiro atoms. The molecule has 0 fully saturated rings. The van der Waals surface area contributed by atoms with E-state index >= 15 is 0 Å². The largest absolute Gasteiger partial charge is 0.418 e.